The second-order valence-corrected chi connectivity index (χ2v) is 3.69. The lowest BCUT2D eigenvalue weighted by molar-refractivity contribution is 1.39. The first-order valence-corrected chi connectivity index (χ1v) is 4.57. The molecule has 0 spiro atoms. The molecule has 0 atom stereocenters. The highest BCUT2D eigenvalue weighted by atomic mass is 35.5. The summed E-state index contributed by atoms with van der Waals surface area (Å²) in [6.45, 7) is 8.09. The minimum atomic E-state index is 0.758. The summed E-state index contributed by atoms with van der Waals surface area (Å²) in [6, 6.07) is 7.70. The van der Waals surface area contributed by atoms with Gasteiger partial charge in [0.1, 0.15) is 0 Å². The average molecular weight is 193 g/mol. The molecule has 0 saturated heterocycles. The minimum absolute atomic E-state index is 0.758. The van der Waals surface area contributed by atoms with Crippen LogP contribution in [0.25, 0.3) is 5.57 Å². The van der Waals surface area contributed by atoms with Crippen molar-refractivity contribution in [1.82, 2.24) is 0 Å². The van der Waals surface area contributed by atoms with E-state index in [-0.39, 0.29) is 0 Å². The van der Waals surface area contributed by atoms with E-state index in [0.29, 0.717) is 0 Å². The molecule has 1 rings (SSSR count). The van der Waals surface area contributed by atoms with Crippen LogP contribution in [-0.2, 0) is 0 Å². The molecular formula is C12H13Cl. The Morgan fingerprint density at radius 3 is 2.23 bits per heavy atom. The zero-order valence-corrected chi connectivity index (χ0v) is 8.73. The Kier molecular flexibility index (Phi) is 3.32. The molecule has 0 fully saturated rings. The van der Waals surface area contributed by atoms with Crippen molar-refractivity contribution in [3.63, 3.8) is 0 Å². The van der Waals surface area contributed by atoms with E-state index in [1.807, 2.05) is 24.3 Å². The fraction of sp³-hybridized carbons (Fsp3) is 0.167. The highest BCUT2D eigenvalue weighted by Crippen LogP contribution is 2.17. The standard InChI is InChI=1S/C12H13Cl/c1-9(2)8-10(3)11-4-6-12(13)7-5-11/h4-8H,3H2,1-2H3. The fourth-order valence-corrected chi connectivity index (χ4v) is 1.22. The van der Waals surface area contributed by atoms with Crippen molar-refractivity contribution < 1.29 is 0 Å². The van der Waals surface area contributed by atoms with E-state index in [9.17, 15) is 0 Å². The third kappa shape index (κ3) is 3.08. The molecule has 68 valence electrons. The molecule has 1 heteroatoms. The molecule has 1 aromatic carbocycles. The molecule has 0 unspecified atom stereocenters. The first-order chi connectivity index (χ1) is 6.09. The molecule has 0 aliphatic rings. The van der Waals surface area contributed by atoms with Crippen LogP contribution in [0.3, 0.4) is 0 Å². The number of benzene rings is 1. The SMILES string of the molecule is C=C(C=C(C)C)c1ccc(Cl)cc1. The van der Waals surface area contributed by atoms with Gasteiger partial charge in [-0.2, -0.15) is 0 Å². The van der Waals surface area contributed by atoms with Crippen LogP contribution in [-0.4, -0.2) is 0 Å². The Morgan fingerprint density at radius 2 is 1.77 bits per heavy atom. The third-order valence-corrected chi connectivity index (χ3v) is 1.93. The predicted molar refractivity (Wildman–Crippen MR) is 59.9 cm³/mol. The van der Waals surface area contributed by atoms with E-state index < -0.39 is 0 Å². The summed E-state index contributed by atoms with van der Waals surface area (Å²) in [5.41, 5.74) is 3.39. The molecule has 1 aromatic rings. The van der Waals surface area contributed by atoms with Crippen molar-refractivity contribution in [3.05, 3.63) is 53.1 Å². The van der Waals surface area contributed by atoms with Crippen molar-refractivity contribution in [3.8, 4) is 0 Å². The topological polar surface area (TPSA) is 0 Å². The Bertz CT molecular complexity index is 327. The third-order valence-electron chi connectivity index (χ3n) is 1.68. The zero-order chi connectivity index (χ0) is 9.84. The monoisotopic (exact) mass is 192 g/mol. The molecule has 0 nitrogen and oxygen atoms in total. The summed E-state index contributed by atoms with van der Waals surface area (Å²) < 4.78 is 0. The summed E-state index contributed by atoms with van der Waals surface area (Å²) in [5.74, 6) is 0. The molecule has 0 radical (unpaired) electrons. The number of halogens is 1. The number of hydrogen-bond acceptors (Lipinski definition) is 0. The predicted octanol–water partition coefficient (Wildman–Crippen LogP) is 4.32. The number of rotatable bonds is 2. The molecule has 0 heterocycles. The van der Waals surface area contributed by atoms with Crippen molar-refractivity contribution in [1.29, 1.82) is 0 Å². The molecule has 0 aliphatic carbocycles. The van der Waals surface area contributed by atoms with Gasteiger partial charge in [-0.05, 0) is 37.1 Å². The zero-order valence-electron chi connectivity index (χ0n) is 7.97. The Morgan fingerprint density at radius 1 is 1.23 bits per heavy atom. The first-order valence-electron chi connectivity index (χ1n) is 4.19. The maximum Gasteiger partial charge on any atom is 0.0406 e. The van der Waals surface area contributed by atoms with Crippen LogP contribution in [0.2, 0.25) is 5.02 Å². The van der Waals surface area contributed by atoms with Crippen LogP contribution in [0, 0.1) is 0 Å². The van der Waals surface area contributed by atoms with Crippen molar-refractivity contribution in [2.45, 2.75) is 13.8 Å². The summed E-state index contributed by atoms with van der Waals surface area (Å²) in [4.78, 5) is 0. The van der Waals surface area contributed by atoms with E-state index in [2.05, 4.69) is 26.5 Å². The van der Waals surface area contributed by atoms with Crippen LogP contribution < -0.4 is 0 Å². The van der Waals surface area contributed by atoms with Crippen LogP contribution in [0.15, 0.2) is 42.5 Å². The smallest absolute Gasteiger partial charge is 0.0406 e. The highest BCUT2D eigenvalue weighted by Gasteiger charge is 1.94. The average Bonchev–Trinajstić information content (AvgIpc) is 2.04. The largest absolute Gasteiger partial charge is 0.0912 e. The molecular weight excluding hydrogens is 180 g/mol. The van der Waals surface area contributed by atoms with Gasteiger partial charge < -0.3 is 0 Å². The molecule has 0 amide bonds. The molecule has 0 saturated carbocycles. The summed E-state index contributed by atoms with van der Waals surface area (Å²) in [7, 11) is 0. The number of hydrogen-bond donors (Lipinski definition) is 0. The van der Waals surface area contributed by atoms with E-state index >= 15 is 0 Å². The van der Waals surface area contributed by atoms with Gasteiger partial charge in [0.15, 0.2) is 0 Å². The van der Waals surface area contributed by atoms with Gasteiger partial charge in [0, 0.05) is 5.02 Å². The summed E-state index contributed by atoms with van der Waals surface area (Å²) in [5, 5.41) is 0.758. The van der Waals surface area contributed by atoms with Crippen molar-refractivity contribution >= 4 is 17.2 Å². The van der Waals surface area contributed by atoms with E-state index in [1.165, 1.54) is 5.57 Å². The maximum atomic E-state index is 5.78. The van der Waals surface area contributed by atoms with Gasteiger partial charge in [0.25, 0.3) is 0 Å². The minimum Gasteiger partial charge on any atom is -0.0912 e. The van der Waals surface area contributed by atoms with Gasteiger partial charge in [0.2, 0.25) is 0 Å². The van der Waals surface area contributed by atoms with Crippen molar-refractivity contribution in [2.24, 2.45) is 0 Å². The Labute approximate surface area is 84.5 Å². The molecule has 0 N–H and O–H groups in total. The highest BCUT2D eigenvalue weighted by molar-refractivity contribution is 6.30. The van der Waals surface area contributed by atoms with Gasteiger partial charge >= 0.3 is 0 Å². The maximum absolute atomic E-state index is 5.78. The van der Waals surface area contributed by atoms with Gasteiger partial charge in [0.05, 0.1) is 0 Å². The molecule has 0 bridgehead atoms. The fourth-order valence-electron chi connectivity index (χ4n) is 1.10. The Balaban J connectivity index is 2.90. The first kappa shape index (κ1) is 10.1. The second-order valence-electron chi connectivity index (χ2n) is 3.25. The number of allylic oxidation sites excluding steroid dienone is 3. The van der Waals surface area contributed by atoms with Crippen LogP contribution in [0.4, 0.5) is 0 Å². The lowest BCUT2D eigenvalue weighted by Gasteiger charge is -2.01. The van der Waals surface area contributed by atoms with Crippen molar-refractivity contribution in [2.75, 3.05) is 0 Å². The Hall–Kier alpha value is -1.01. The van der Waals surface area contributed by atoms with Crippen LogP contribution in [0.1, 0.15) is 19.4 Å². The normalized spacial score (nSPS) is 9.46. The van der Waals surface area contributed by atoms with E-state index in [4.69, 9.17) is 11.6 Å². The summed E-state index contributed by atoms with van der Waals surface area (Å²) in [6.07, 6.45) is 2.06. The molecule has 0 aromatic heterocycles. The quantitative estimate of drug-likeness (QED) is 0.613. The van der Waals surface area contributed by atoms with Crippen LogP contribution >= 0.6 is 11.6 Å². The molecule has 0 aliphatic heterocycles. The van der Waals surface area contributed by atoms with E-state index in [1.54, 1.807) is 0 Å². The van der Waals surface area contributed by atoms with Gasteiger partial charge in [-0.3, -0.25) is 0 Å². The van der Waals surface area contributed by atoms with Gasteiger partial charge in [-0.1, -0.05) is 42.0 Å². The van der Waals surface area contributed by atoms with Gasteiger partial charge in [-0.15, -0.1) is 0 Å². The summed E-state index contributed by atoms with van der Waals surface area (Å²) >= 11 is 5.78. The second kappa shape index (κ2) is 4.29. The van der Waals surface area contributed by atoms with E-state index in [0.717, 1.165) is 16.2 Å². The lowest BCUT2D eigenvalue weighted by atomic mass is 10.1. The lowest BCUT2D eigenvalue weighted by Crippen LogP contribution is -1.78. The van der Waals surface area contributed by atoms with Gasteiger partial charge in [-0.25, -0.2) is 0 Å². The van der Waals surface area contributed by atoms with Crippen LogP contribution in [0.5, 0.6) is 0 Å². The molecule has 13 heavy (non-hydrogen) atoms.